The normalized spacial score (nSPS) is 16.8. The van der Waals surface area contributed by atoms with E-state index in [2.05, 4.69) is 20.8 Å². The number of nitrogens with zero attached hydrogens (tertiary/aromatic N) is 2. The standard InChI is InChI=1S/C11H18N4O2/c1-3-9(11-13-7(2)17-15-11)12-6-10(16)14-8-4-5-8/h8-9,12H,3-6H2,1-2H3,(H,14,16). The maximum Gasteiger partial charge on any atom is 0.234 e. The van der Waals surface area contributed by atoms with Crippen LogP contribution in [0.3, 0.4) is 0 Å². The summed E-state index contributed by atoms with van der Waals surface area (Å²) in [6.45, 7) is 4.06. The van der Waals surface area contributed by atoms with Gasteiger partial charge in [-0.2, -0.15) is 4.98 Å². The molecule has 0 bridgehead atoms. The van der Waals surface area contributed by atoms with Crippen LogP contribution in [0.25, 0.3) is 0 Å². The highest BCUT2D eigenvalue weighted by atomic mass is 16.5. The molecule has 1 aliphatic carbocycles. The van der Waals surface area contributed by atoms with Gasteiger partial charge in [-0.3, -0.25) is 10.1 Å². The van der Waals surface area contributed by atoms with Crippen LogP contribution in [0.2, 0.25) is 0 Å². The van der Waals surface area contributed by atoms with Crippen LogP contribution in [0.1, 0.15) is 43.9 Å². The minimum Gasteiger partial charge on any atom is -0.352 e. The lowest BCUT2D eigenvalue weighted by Gasteiger charge is -2.12. The van der Waals surface area contributed by atoms with Gasteiger partial charge in [0.15, 0.2) is 5.82 Å². The Balaban J connectivity index is 1.80. The number of aryl methyl sites for hydroxylation is 1. The molecule has 6 heteroatoms. The SMILES string of the molecule is CCC(NCC(=O)NC1CC1)c1noc(C)n1. The fourth-order valence-electron chi connectivity index (χ4n) is 1.60. The van der Waals surface area contributed by atoms with Gasteiger partial charge in [-0.15, -0.1) is 0 Å². The first-order chi connectivity index (χ1) is 8.19. The summed E-state index contributed by atoms with van der Waals surface area (Å²) in [6.07, 6.45) is 3.02. The van der Waals surface area contributed by atoms with Crippen LogP contribution >= 0.6 is 0 Å². The van der Waals surface area contributed by atoms with Gasteiger partial charge in [0.1, 0.15) is 0 Å². The van der Waals surface area contributed by atoms with Crippen LogP contribution in [0.5, 0.6) is 0 Å². The summed E-state index contributed by atoms with van der Waals surface area (Å²) in [5.41, 5.74) is 0. The molecule has 1 amide bonds. The number of carbonyl (C=O) groups excluding carboxylic acids is 1. The van der Waals surface area contributed by atoms with Gasteiger partial charge < -0.3 is 9.84 Å². The van der Waals surface area contributed by atoms with Crippen LogP contribution in [-0.2, 0) is 4.79 Å². The monoisotopic (exact) mass is 238 g/mol. The largest absolute Gasteiger partial charge is 0.352 e. The molecule has 0 aliphatic heterocycles. The predicted octanol–water partition coefficient (Wildman–Crippen LogP) is 0.697. The van der Waals surface area contributed by atoms with Crippen LogP contribution in [0.15, 0.2) is 4.52 Å². The van der Waals surface area contributed by atoms with E-state index in [1.54, 1.807) is 6.92 Å². The number of amides is 1. The molecule has 1 unspecified atom stereocenters. The highest BCUT2D eigenvalue weighted by Crippen LogP contribution is 2.18. The van der Waals surface area contributed by atoms with Gasteiger partial charge >= 0.3 is 0 Å². The second-order valence-corrected chi connectivity index (χ2v) is 4.36. The average Bonchev–Trinajstić information content (AvgIpc) is 3.00. The Hall–Kier alpha value is -1.43. The van der Waals surface area contributed by atoms with Gasteiger partial charge in [0.05, 0.1) is 12.6 Å². The Kier molecular flexibility index (Phi) is 3.73. The molecule has 1 atom stereocenters. The molecule has 94 valence electrons. The molecule has 0 saturated heterocycles. The molecule has 0 aromatic carbocycles. The van der Waals surface area contributed by atoms with Crippen LogP contribution in [0, 0.1) is 6.92 Å². The lowest BCUT2D eigenvalue weighted by atomic mass is 10.2. The van der Waals surface area contributed by atoms with Gasteiger partial charge in [-0.1, -0.05) is 12.1 Å². The number of carbonyl (C=O) groups is 1. The number of hydrogen-bond donors (Lipinski definition) is 2. The Bertz CT molecular complexity index is 387. The Morgan fingerprint density at radius 1 is 1.59 bits per heavy atom. The van der Waals surface area contributed by atoms with Crippen molar-refractivity contribution >= 4 is 5.91 Å². The number of aromatic nitrogens is 2. The molecular weight excluding hydrogens is 220 g/mol. The van der Waals surface area contributed by atoms with E-state index in [0.717, 1.165) is 19.3 Å². The first-order valence-electron chi connectivity index (χ1n) is 6.02. The summed E-state index contributed by atoms with van der Waals surface area (Å²) >= 11 is 0. The van der Waals surface area contributed by atoms with Crippen molar-refractivity contribution in [2.24, 2.45) is 0 Å². The number of nitrogens with one attached hydrogen (secondary N) is 2. The maximum atomic E-state index is 11.5. The highest BCUT2D eigenvalue weighted by molar-refractivity contribution is 5.78. The molecule has 1 aromatic rings. The molecule has 2 N–H and O–H groups in total. The van der Waals surface area contributed by atoms with E-state index >= 15 is 0 Å². The minimum atomic E-state index is -0.0302. The third-order valence-corrected chi connectivity index (χ3v) is 2.71. The summed E-state index contributed by atoms with van der Waals surface area (Å²) in [4.78, 5) is 15.7. The van der Waals surface area contributed by atoms with Gasteiger partial charge in [0.2, 0.25) is 11.8 Å². The molecule has 1 saturated carbocycles. The van der Waals surface area contributed by atoms with Crippen LogP contribution in [0.4, 0.5) is 0 Å². The summed E-state index contributed by atoms with van der Waals surface area (Å²) < 4.78 is 4.93. The second-order valence-electron chi connectivity index (χ2n) is 4.36. The Morgan fingerprint density at radius 2 is 2.35 bits per heavy atom. The summed E-state index contributed by atoms with van der Waals surface area (Å²) in [6, 6.07) is 0.370. The lowest BCUT2D eigenvalue weighted by Crippen LogP contribution is -2.36. The predicted molar refractivity (Wildman–Crippen MR) is 61.2 cm³/mol. The van der Waals surface area contributed by atoms with Crippen molar-refractivity contribution in [1.82, 2.24) is 20.8 Å². The van der Waals surface area contributed by atoms with Crippen molar-refractivity contribution in [2.45, 2.75) is 45.2 Å². The summed E-state index contributed by atoms with van der Waals surface area (Å²) in [5.74, 6) is 1.19. The topological polar surface area (TPSA) is 80.0 Å². The fraction of sp³-hybridized carbons (Fsp3) is 0.727. The van der Waals surface area contributed by atoms with Gasteiger partial charge in [-0.25, -0.2) is 0 Å². The van der Waals surface area contributed by atoms with E-state index in [4.69, 9.17) is 4.52 Å². The lowest BCUT2D eigenvalue weighted by molar-refractivity contribution is -0.120. The molecule has 1 aromatic heterocycles. The smallest absolute Gasteiger partial charge is 0.234 e. The van der Waals surface area contributed by atoms with Crippen LogP contribution < -0.4 is 10.6 Å². The minimum absolute atomic E-state index is 0.0302. The van der Waals surface area contributed by atoms with Crippen molar-refractivity contribution in [3.63, 3.8) is 0 Å². The van der Waals surface area contributed by atoms with E-state index in [1.807, 2.05) is 6.92 Å². The fourth-order valence-corrected chi connectivity index (χ4v) is 1.60. The molecule has 0 radical (unpaired) electrons. The molecule has 1 aliphatic rings. The molecule has 1 fully saturated rings. The van der Waals surface area contributed by atoms with E-state index in [9.17, 15) is 4.79 Å². The first kappa shape index (κ1) is 12.0. The number of rotatable bonds is 6. The highest BCUT2D eigenvalue weighted by Gasteiger charge is 2.23. The Labute approximate surface area is 100 Å². The van der Waals surface area contributed by atoms with Gasteiger partial charge in [0.25, 0.3) is 0 Å². The molecule has 2 rings (SSSR count). The molecule has 6 nitrogen and oxygen atoms in total. The molecule has 1 heterocycles. The van der Waals surface area contributed by atoms with Crippen molar-refractivity contribution < 1.29 is 9.32 Å². The molecule has 17 heavy (non-hydrogen) atoms. The van der Waals surface area contributed by atoms with Crippen molar-refractivity contribution in [3.05, 3.63) is 11.7 Å². The van der Waals surface area contributed by atoms with Gasteiger partial charge in [-0.05, 0) is 19.3 Å². The third-order valence-electron chi connectivity index (χ3n) is 2.71. The average molecular weight is 238 g/mol. The van der Waals surface area contributed by atoms with E-state index in [-0.39, 0.29) is 11.9 Å². The second kappa shape index (κ2) is 5.27. The van der Waals surface area contributed by atoms with E-state index < -0.39 is 0 Å². The van der Waals surface area contributed by atoms with Crippen molar-refractivity contribution in [1.29, 1.82) is 0 Å². The Morgan fingerprint density at radius 3 is 2.88 bits per heavy atom. The zero-order valence-electron chi connectivity index (χ0n) is 10.2. The molecular formula is C11H18N4O2. The molecule has 0 spiro atoms. The van der Waals surface area contributed by atoms with E-state index in [1.165, 1.54) is 0 Å². The number of hydrogen-bond acceptors (Lipinski definition) is 5. The third kappa shape index (κ3) is 3.52. The quantitative estimate of drug-likeness (QED) is 0.762. The van der Waals surface area contributed by atoms with E-state index in [0.29, 0.717) is 24.3 Å². The zero-order valence-corrected chi connectivity index (χ0v) is 10.2. The van der Waals surface area contributed by atoms with Crippen LogP contribution in [-0.4, -0.2) is 28.6 Å². The first-order valence-corrected chi connectivity index (χ1v) is 6.02. The summed E-state index contributed by atoms with van der Waals surface area (Å²) in [7, 11) is 0. The zero-order chi connectivity index (χ0) is 12.3. The summed E-state index contributed by atoms with van der Waals surface area (Å²) in [5, 5.41) is 9.92. The van der Waals surface area contributed by atoms with Gasteiger partial charge in [0, 0.05) is 13.0 Å². The van der Waals surface area contributed by atoms with Crippen molar-refractivity contribution in [3.8, 4) is 0 Å². The van der Waals surface area contributed by atoms with Crippen molar-refractivity contribution in [2.75, 3.05) is 6.54 Å². The maximum absolute atomic E-state index is 11.5.